The maximum Gasteiger partial charge on any atom is 0.260 e. The largest absolute Gasteiger partial charge is 0.396 e. The van der Waals surface area contributed by atoms with Gasteiger partial charge in [0.2, 0.25) is 0 Å². The molecule has 2 rings (SSSR count). The van der Waals surface area contributed by atoms with E-state index in [0.717, 1.165) is 6.54 Å². The van der Waals surface area contributed by atoms with E-state index in [0.29, 0.717) is 13.2 Å². The molecule has 0 spiro atoms. The predicted molar refractivity (Wildman–Crippen MR) is 71.1 cm³/mol. The van der Waals surface area contributed by atoms with Gasteiger partial charge in [-0.15, -0.1) is 0 Å². The van der Waals surface area contributed by atoms with Crippen molar-refractivity contribution in [2.45, 2.75) is 11.1 Å². The third-order valence-electron chi connectivity index (χ3n) is 2.90. The number of hydrogen-bond donors (Lipinski definition) is 2. The van der Waals surface area contributed by atoms with E-state index in [4.69, 9.17) is 10.5 Å². The molecule has 8 heteroatoms. The van der Waals surface area contributed by atoms with Gasteiger partial charge in [0.1, 0.15) is 0 Å². The van der Waals surface area contributed by atoms with Crippen molar-refractivity contribution in [2.75, 3.05) is 39.0 Å². The Balaban J connectivity index is 2.00. The van der Waals surface area contributed by atoms with Gasteiger partial charge in [-0.05, 0) is 19.2 Å². The first kappa shape index (κ1) is 14.2. The minimum Gasteiger partial charge on any atom is -0.396 e. The summed E-state index contributed by atoms with van der Waals surface area (Å²) in [6, 6.07) is 3.10. The van der Waals surface area contributed by atoms with E-state index in [1.807, 2.05) is 7.05 Å². The SMILES string of the molecule is CN1CCOC(CNS(=O)(=O)c2ncccc2N)C1. The van der Waals surface area contributed by atoms with Crippen molar-refractivity contribution >= 4 is 15.7 Å². The summed E-state index contributed by atoms with van der Waals surface area (Å²) in [7, 11) is -1.72. The molecule has 1 aromatic heterocycles. The van der Waals surface area contributed by atoms with Crippen LogP contribution in [0.3, 0.4) is 0 Å². The molecule has 0 amide bonds. The number of nitrogens with two attached hydrogens (primary N) is 1. The molecule has 0 bridgehead atoms. The van der Waals surface area contributed by atoms with Crippen LogP contribution in [0.1, 0.15) is 0 Å². The number of rotatable bonds is 4. The average Bonchev–Trinajstić information content (AvgIpc) is 2.37. The highest BCUT2D eigenvalue weighted by Gasteiger charge is 2.23. The summed E-state index contributed by atoms with van der Waals surface area (Å²) in [5.74, 6) is 0. The Hall–Kier alpha value is -1.22. The summed E-state index contributed by atoms with van der Waals surface area (Å²) in [6.45, 7) is 2.37. The molecule has 1 saturated heterocycles. The highest BCUT2D eigenvalue weighted by molar-refractivity contribution is 7.89. The van der Waals surface area contributed by atoms with Crippen molar-refractivity contribution in [1.82, 2.24) is 14.6 Å². The fourth-order valence-electron chi connectivity index (χ4n) is 1.89. The molecule has 0 aromatic carbocycles. The molecule has 7 nitrogen and oxygen atoms in total. The summed E-state index contributed by atoms with van der Waals surface area (Å²) in [5, 5.41) is -0.140. The maximum atomic E-state index is 12.1. The van der Waals surface area contributed by atoms with E-state index in [1.54, 1.807) is 6.07 Å². The summed E-state index contributed by atoms with van der Waals surface area (Å²) < 4.78 is 32.1. The smallest absolute Gasteiger partial charge is 0.260 e. The normalized spacial score (nSPS) is 21.4. The standard InChI is InChI=1S/C11H18N4O3S/c1-15-5-6-18-9(8-15)7-14-19(16,17)11-10(12)3-2-4-13-11/h2-4,9,14H,5-8,12H2,1H3. The molecule has 1 fully saturated rings. The molecule has 1 aliphatic heterocycles. The van der Waals surface area contributed by atoms with Gasteiger partial charge in [-0.3, -0.25) is 0 Å². The molecule has 3 N–H and O–H groups in total. The zero-order chi connectivity index (χ0) is 13.9. The van der Waals surface area contributed by atoms with Crippen LogP contribution in [0.25, 0.3) is 0 Å². The molecule has 0 aliphatic carbocycles. The first-order valence-electron chi connectivity index (χ1n) is 5.99. The minimum absolute atomic E-state index is 0.136. The van der Waals surface area contributed by atoms with Crippen LogP contribution < -0.4 is 10.5 Å². The number of pyridine rings is 1. The van der Waals surface area contributed by atoms with Gasteiger partial charge < -0.3 is 15.4 Å². The second-order valence-electron chi connectivity index (χ2n) is 4.50. The number of ether oxygens (including phenoxy) is 1. The van der Waals surface area contributed by atoms with Crippen LogP contribution in [-0.2, 0) is 14.8 Å². The molecule has 2 heterocycles. The zero-order valence-electron chi connectivity index (χ0n) is 10.7. The Morgan fingerprint density at radius 3 is 3.11 bits per heavy atom. The van der Waals surface area contributed by atoms with E-state index in [9.17, 15) is 8.42 Å². The van der Waals surface area contributed by atoms with Crippen LogP contribution >= 0.6 is 0 Å². The molecule has 1 atom stereocenters. The number of nitrogen functional groups attached to an aromatic ring is 1. The van der Waals surface area contributed by atoms with Crippen molar-refractivity contribution in [3.05, 3.63) is 18.3 Å². The van der Waals surface area contributed by atoms with Crippen LogP contribution in [0.15, 0.2) is 23.4 Å². The van der Waals surface area contributed by atoms with Crippen LogP contribution in [0.4, 0.5) is 5.69 Å². The fourth-order valence-corrected chi connectivity index (χ4v) is 3.01. The van der Waals surface area contributed by atoms with Gasteiger partial charge in [-0.25, -0.2) is 18.1 Å². The van der Waals surface area contributed by atoms with Crippen molar-refractivity contribution < 1.29 is 13.2 Å². The van der Waals surface area contributed by atoms with E-state index >= 15 is 0 Å². The highest BCUT2D eigenvalue weighted by atomic mass is 32.2. The third-order valence-corrected chi connectivity index (χ3v) is 4.29. The lowest BCUT2D eigenvalue weighted by Crippen LogP contribution is -2.46. The summed E-state index contributed by atoms with van der Waals surface area (Å²) in [5.41, 5.74) is 5.75. The van der Waals surface area contributed by atoms with E-state index < -0.39 is 10.0 Å². The number of morpholine rings is 1. The van der Waals surface area contributed by atoms with Gasteiger partial charge in [0.25, 0.3) is 10.0 Å². The lowest BCUT2D eigenvalue weighted by atomic mass is 10.3. The van der Waals surface area contributed by atoms with Crippen molar-refractivity contribution in [2.24, 2.45) is 0 Å². The Kier molecular flexibility index (Phi) is 4.35. The van der Waals surface area contributed by atoms with Crippen LogP contribution in [-0.4, -0.2) is 57.7 Å². The Labute approximate surface area is 112 Å². The lowest BCUT2D eigenvalue weighted by Gasteiger charge is -2.30. The molecular weight excluding hydrogens is 268 g/mol. The van der Waals surface area contributed by atoms with Crippen LogP contribution in [0, 0.1) is 0 Å². The number of nitrogens with zero attached hydrogens (tertiary/aromatic N) is 2. The van der Waals surface area contributed by atoms with Crippen molar-refractivity contribution in [3.63, 3.8) is 0 Å². The first-order valence-corrected chi connectivity index (χ1v) is 7.47. The van der Waals surface area contributed by atoms with Gasteiger partial charge >= 0.3 is 0 Å². The Bertz CT molecular complexity index is 534. The zero-order valence-corrected chi connectivity index (χ0v) is 11.6. The van der Waals surface area contributed by atoms with Gasteiger partial charge in [0, 0.05) is 25.8 Å². The number of nitrogens with one attached hydrogen (secondary N) is 1. The second kappa shape index (κ2) is 5.83. The fraction of sp³-hybridized carbons (Fsp3) is 0.545. The van der Waals surface area contributed by atoms with Crippen molar-refractivity contribution in [1.29, 1.82) is 0 Å². The van der Waals surface area contributed by atoms with Gasteiger partial charge in [0.15, 0.2) is 5.03 Å². The molecule has 0 saturated carbocycles. The highest BCUT2D eigenvalue weighted by Crippen LogP contribution is 2.13. The van der Waals surface area contributed by atoms with E-state index in [-0.39, 0.29) is 23.4 Å². The van der Waals surface area contributed by atoms with Crippen LogP contribution in [0.2, 0.25) is 0 Å². The molecule has 1 aromatic rings. The number of hydrogen-bond acceptors (Lipinski definition) is 6. The van der Waals surface area contributed by atoms with Gasteiger partial charge in [-0.1, -0.05) is 0 Å². The molecule has 1 aliphatic rings. The average molecular weight is 286 g/mol. The predicted octanol–water partition coefficient (Wildman–Crippen LogP) is -0.727. The number of anilines is 1. The summed E-state index contributed by atoms with van der Waals surface area (Å²) >= 11 is 0. The molecule has 1 unspecified atom stereocenters. The van der Waals surface area contributed by atoms with Crippen LogP contribution in [0.5, 0.6) is 0 Å². The summed E-state index contributed by atoms with van der Waals surface area (Å²) in [4.78, 5) is 5.90. The third kappa shape index (κ3) is 3.63. The Morgan fingerprint density at radius 1 is 1.63 bits per heavy atom. The maximum absolute atomic E-state index is 12.1. The van der Waals surface area contributed by atoms with E-state index in [1.165, 1.54) is 12.3 Å². The topological polar surface area (TPSA) is 97.5 Å². The number of sulfonamides is 1. The van der Waals surface area contributed by atoms with Gasteiger partial charge in [-0.2, -0.15) is 0 Å². The Morgan fingerprint density at radius 2 is 2.42 bits per heavy atom. The lowest BCUT2D eigenvalue weighted by molar-refractivity contribution is -0.0156. The molecule has 19 heavy (non-hydrogen) atoms. The van der Waals surface area contributed by atoms with Gasteiger partial charge in [0.05, 0.1) is 18.4 Å². The minimum atomic E-state index is -3.69. The number of likely N-dealkylation sites (N-methyl/N-ethyl adjacent to an activating group) is 1. The molecular formula is C11H18N4O3S. The van der Waals surface area contributed by atoms with E-state index in [2.05, 4.69) is 14.6 Å². The molecule has 0 radical (unpaired) electrons. The first-order chi connectivity index (χ1) is 8.99. The monoisotopic (exact) mass is 286 g/mol. The second-order valence-corrected chi connectivity index (χ2v) is 6.19. The molecule has 106 valence electrons. The van der Waals surface area contributed by atoms with Crippen molar-refractivity contribution in [3.8, 4) is 0 Å². The number of aromatic nitrogens is 1. The quantitative estimate of drug-likeness (QED) is 0.757. The summed E-state index contributed by atoms with van der Waals surface area (Å²) in [6.07, 6.45) is 1.24.